The zero-order chi connectivity index (χ0) is 22.4. The number of hydrogen-bond donors (Lipinski definition) is 3. The lowest BCUT2D eigenvalue weighted by molar-refractivity contribution is -0.155. The second kappa shape index (κ2) is 7.89. The molecule has 9 heteroatoms. The Morgan fingerprint density at radius 3 is 2.48 bits per heavy atom. The number of likely N-dealkylation sites (tertiary alicyclic amines) is 1. The number of aromatic nitrogens is 1. The Hall–Kier alpha value is -1.93. The van der Waals surface area contributed by atoms with Crippen LogP contribution in [0.4, 0.5) is 10.1 Å². The van der Waals surface area contributed by atoms with Gasteiger partial charge in [0.15, 0.2) is 0 Å². The number of nitrogens with zero attached hydrogens (tertiary/aromatic N) is 2. The Balaban J connectivity index is 1.46. The number of rotatable bonds is 7. The Morgan fingerprint density at radius 2 is 1.97 bits per heavy atom. The first-order valence-corrected chi connectivity index (χ1v) is 11.3. The molecule has 2 heterocycles. The predicted molar refractivity (Wildman–Crippen MR) is 116 cm³/mol. The van der Waals surface area contributed by atoms with Gasteiger partial charge < -0.3 is 20.6 Å². The summed E-state index contributed by atoms with van der Waals surface area (Å²) >= 11 is 6.11. The Bertz CT molecular complexity index is 863. The van der Waals surface area contributed by atoms with E-state index in [2.05, 4.69) is 20.5 Å². The van der Waals surface area contributed by atoms with Gasteiger partial charge in [-0.15, -0.1) is 0 Å². The molecular formula is C22H30ClFN4O3. The van der Waals surface area contributed by atoms with E-state index >= 15 is 0 Å². The molecular weight excluding hydrogens is 423 g/mol. The summed E-state index contributed by atoms with van der Waals surface area (Å²) in [5, 5.41) is 16.1. The molecule has 0 unspecified atom stereocenters. The van der Waals surface area contributed by atoms with Gasteiger partial charge in [0.05, 0.1) is 23.4 Å². The first kappa shape index (κ1) is 22.3. The molecule has 1 saturated heterocycles. The summed E-state index contributed by atoms with van der Waals surface area (Å²) in [5.74, 6) is -0.207. The predicted octanol–water partition coefficient (Wildman–Crippen LogP) is 3.06. The largest absolute Gasteiger partial charge is 0.387 e. The quantitative estimate of drug-likeness (QED) is 0.436. The molecule has 4 fully saturated rings. The van der Waals surface area contributed by atoms with Gasteiger partial charge in [-0.3, -0.25) is 9.59 Å². The summed E-state index contributed by atoms with van der Waals surface area (Å²) in [4.78, 5) is 30.9. The van der Waals surface area contributed by atoms with E-state index in [1.165, 1.54) is 20.0 Å². The lowest BCUT2D eigenvalue weighted by Gasteiger charge is -2.60. The highest BCUT2D eigenvalue weighted by Gasteiger charge is 2.54. The van der Waals surface area contributed by atoms with E-state index in [1.54, 1.807) is 6.07 Å². The molecule has 3 N–H and O–H groups in total. The second-order valence-corrected chi connectivity index (χ2v) is 10.2. The Kier molecular flexibility index (Phi) is 5.67. The van der Waals surface area contributed by atoms with Gasteiger partial charge in [0.25, 0.3) is 5.91 Å². The van der Waals surface area contributed by atoms with Crippen molar-refractivity contribution in [1.82, 2.24) is 15.2 Å². The maximum Gasteiger partial charge on any atom is 0.255 e. The van der Waals surface area contributed by atoms with Gasteiger partial charge in [-0.1, -0.05) is 11.6 Å². The number of aliphatic hydroxyl groups is 1. The number of hydrogen-bond acceptors (Lipinski definition) is 5. The molecule has 7 nitrogen and oxygen atoms in total. The second-order valence-electron chi connectivity index (χ2n) is 9.81. The van der Waals surface area contributed by atoms with Crippen LogP contribution in [0, 0.1) is 0 Å². The molecule has 1 atom stereocenters. The van der Waals surface area contributed by atoms with Gasteiger partial charge in [-0.2, -0.15) is 0 Å². The van der Waals surface area contributed by atoms with E-state index in [0.717, 1.165) is 45.1 Å². The molecule has 3 aliphatic carbocycles. The van der Waals surface area contributed by atoms with Crippen molar-refractivity contribution in [2.75, 3.05) is 18.4 Å². The van der Waals surface area contributed by atoms with Crippen LogP contribution >= 0.6 is 11.6 Å². The molecule has 1 aromatic heterocycles. The number of fused-ring (bicyclic) bond motifs is 3. The van der Waals surface area contributed by atoms with Crippen molar-refractivity contribution in [3.8, 4) is 0 Å². The molecule has 1 aliphatic heterocycles. The highest BCUT2D eigenvalue weighted by molar-refractivity contribution is 6.29. The number of pyridine rings is 1. The molecule has 0 aromatic carbocycles. The van der Waals surface area contributed by atoms with E-state index in [-0.39, 0.29) is 28.7 Å². The summed E-state index contributed by atoms with van der Waals surface area (Å²) in [6, 6.07) is 1.63. The lowest BCUT2D eigenvalue weighted by atomic mass is 9.60. The number of anilines is 1. The monoisotopic (exact) mass is 452 g/mol. The van der Waals surface area contributed by atoms with Gasteiger partial charge in [0.2, 0.25) is 5.91 Å². The number of carbonyl (C=O) groups excluding carboxylic acids is 2. The van der Waals surface area contributed by atoms with Gasteiger partial charge >= 0.3 is 0 Å². The molecule has 4 aliphatic rings. The van der Waals surface area contributed by atoms with Crippen molar-refractivity contribution in [3.05, 3.63) is 23.0 Å². The van der Waals surface area contributed by atoms with Gasteiger partial charge in [0, 0.05) is 30.2 Å². The van der Waals surface area contributed by atoms with Crippen LogP contribution in [0.15, 0.2) is 12.3 Å². The average molecular weight is 453 g/mol. The molecule has 5 rings (SSSR count). The van der Waals surface area contributed by atoms with Crippen LogP contribution in [0.25, 0.3) is 0 Å². The molecule has 0 radical (unpaired) electrons. The number of halogens is 2. The van der Waals surface area contributed by atoms with E-state index in [4.69, 9.17) is 11.6 Å². The Morgan fingerprint density at radius 1 is 1.32 bits per heavy atom. The lowest BCUT2D eigenvalue weighted by Crippen LogP contribution is -2.65. The first-order valence-electron chi connectivity index (χ1n) is 10.9. The number of amides is 2. The van der Waals surface area contributed by atoms with Crippen molar-refractivity contribution in [3.63, 3.8) is 0 Å². The van der Waals surface area contributed by atoms with E-state index in [9.17, 15) is 19.1 Å². The van der Waals surface area contributed by atoms with E-state index in [0.29, 0.717) is 17.7 Å². The maximum atomic E-state index is 14.1. The molecule has 2 amide bonds. The van der Waals surface area contributed by atoms with Crippen LogP contribution in [0.3, 0.4) is 0 Å². The van der Waals surface area contributed by atoms with E-state index in [1.807, 2.05) is 0 Å². The standard InChI is InChI=1S/C22H30ClFN4O3/c1-20(2,31)16(24)13-26-19(30)14-12-25-17(23)11-15(14)27-21-4-7-22(8-5-21,9-6-21)28-10-3-18(28)29/h11-12,16,31H,3-10,13H2,1-2H3,(H,25,27)(H,26,30)/t16-,21?,22?/m1/s1. The highest BCUT2D eigenvalue weighted by Crippen LogP contribution is 2.52. The molecule has 1 aromatic rings. The number of nitrogens with one attached hydrogen (secondary N) is 2. The fourth-order valence-corrected chi connectivity index (χ4v) is 5.26. The van der Waals surface area contributed by atoms with Gasteiger partial charge in [0.1, 0.15) is 11.3 Å². The summed E-state index contributed by atoms with van der Waals surface area (Å²) in [5.41, 5.74) is -0.833. The molecule has 3 saturated carbocycles. The molecule has 31 heavy (non-hydrogen) atoms. The summed E-state index contributed by atoms with van der Waals surface area (Å²) < 4.78 is 14.1. The zero-order valence-electron chi connectivity index (χ0n) is 18.0. The Labute approximate surface area is 186 Å². The van der Waals surface area contributed by atoms with Crippen LogP contribution < -0.4 is 10.6 Å². The minimum absolute atomic E-state index is 0.00208. The third-order valence-electron chi connectivity index (χ3n) is 7.35. The first-order chi connectivity index (χ1) is 14.5. The topological polar surface area (TPSA) is 94.6 Å². The van der Waals surface area contributed by atoms with Gasteiger partial charge in [-0.05, 0) is 58.4 Å². The fraction of sp³-hybridized carbons (Fsp3) is 0.682. The molecule has 2 bridgehead atoms. The van der Waals surface area contributed by atoms with Crippen LogP contribution in [-0.4, -0.2) is 62.7 Å². The third kappa shape index (κ3) is 4.24. The molecule has 0 spiro atoms. The van der Waals surface area contributed by atoms with Crippen LogP contribution in [0.2, 0.25) is 5.15 Å². The third-order valence-corrected chi connectivity index (χ3v) is 7.56. The summed E-state index contributed by atoms with van der Waals surface area (Å²) in [6.45, 7) is 3.28. The zero-order valence-corrected chi connectivity index (χ0v) is 18.8. The maximum absolute atomic E-state index is 14.1. The van der Waals surface area contributed by atoms with Crippen molar-refractivity contribution in [1.29, 1.82) is 0 Å². The smallest absolute Gasteiger partial charge is 0.255 e. The van der Waals surface area contributed by atoms with Crippen molar-refractivity contribution < 1.29 is 19.1 Å². The van der Waals surface area contributed by atoms with E-state index < -0.39 is 17.7 Å². The fourth-order valence-electron chi connectivity index (χ4n) is 5.10. The molecule has 170 valence electrons. The number of β-lactam (4-membered cyclic amide) rings is 1. The van der Waals surface area contributed by atoms with Crippen molar-refractivity contribution in [2.45, 2.75) is 81.6 Å². The van der Waals surface area contributed by atoms with Gasteiger partial charge in [-0.25, -0.2) is 9.37 Å². The highest BCUT2D eigenvalue weighted by atomic mass is 35.5. The number of alkyl halides is 1. The number of carbonyl (C=O) groups is 2. The summed E-state index contributed by atoms with van der Waals surface area (Å²) in [6.07, 6.45) is 6.01. The SMILES string of the molecule is CC(C)(O)[C@H](F)CNC(=O)c1cnc(Cl)cc1NC12CCC(N3CCC3=O)(CC1)CC2. The summed E-state index contributed by atoms with van der Waals surface area (Å²) in [7, 11) is 0. The minimum atomic E-state index is -1.60. The van der Waals surface area contributed by atoms with Crippen molar-refractivity contribution >= 4 is 29.1 Å². The normalized spacial score (nSPS) is 28.8. The average Bonchev–Trinajstić information content (AvgIpc) is 2.71. The minimum Gasteiger partial charge on any atom is -0.387 e. The van der Waals surface area contributed by atoms with Crippen LogP contribution in [0.1, 0.15) is 69.2 Å². The van der Waals surface area contributed by atoms with Crippen LogP contribution in [-0.2, 0) is 4.79 Å². The van der Waals surface area contributed by atoms with Crippen molar-refractivity contribution in [2.24, 2.45) is 0 Å². The van der Waals surface area contributed by atoms with Crippen LogP contribution in [0.5, 0.6) is 0 Å².